The Kier molecular flexibility index (Phi) is 4.04. The predicted octanol–water partition coefficient (Wildman–Crippen LogP) is 6.06. The van der Waals surface area contributed by atoms with Crippen molar-refractivity contribution in [2.24, 2.45) is 0 Å². The summed E-state index contributed by atoms with van der Waals surface area (Å²) in [7, 11) is 1.64. The van der Waals surface area contributed by atoms with Gasteiger partial charge in [0.1, 0.15) is 10.1 Å². The van der Waals surface area contributed by atoms with E-state index in [2.05, 4.69) is 0 Å². The lowest BCUT2D eigenvalue weighted by molar-refractivity contribution is 0.414. The van der Waals surface area contributed by atoms with Crippen LogP contribution < -0.4 is 4.74 Å². The van der Waals surface area contributed by atoms with Crippen LogP contribution in [0.4, 0.5) is 0 Å². The van der Waals surface area contributed by atoms with Gasteiger partial charge in [-0.2, -0.15) is 0 Å². The molecular formula is C16H12Cl4O. The Morgan fingerprint density at radius 2 is 1.43 bits per heavy atom. The number of hydrogen-bond acceptors (Lipinski definition) is 1. The van der Waals surface area contributed by atoms with Gasteiger partial charge < -0.3 is 4.74 Å². The zero-order valence-corrected chi connectivity index (χ0v) is 14.1. The van der Waals surface area contributed by atoms with Gasteiger partial charge in [-0.05, 0) is 35.4 Å². The summed E-state index contributed by atoms with van der Waals surface area (Å²) in [6, 6.07) is 13.3. The lowest BCUT2D eigenvalue weighted by atomic mass is 10.0. The van der Waals surface area contributed by atoms with Crippen LogP contribution in [0.2, 0.25) is 10.0 Å². The SMILES string of the molecule is COc1ccc(C2C(c3ccc(Cl)c(Cl)c3)C2(Cl)Cl)cc1. The van der Waals surface area contributed by atoms with Crippen molar-refractivity contribution in [1.82, 2.24) is 0 Å². The van der Waals surface area contributed by atoms with E-state index in [0.717, 1.165) is 16.9 Å². The van der Waals surface area contributed by atoms with Crippen LogP contribution >= 0.6 is 46.4 Å². The average molecular weight is 362 g/mol. The fourth-order valence-corrected chi connectivity index (χ4v) is 3.86. The topological polar surface area (TPSA) is 9.23 Å². The lowest BCUT2D eigenvalue weighted by Gasteiger charge is -2.04. The fourth-order valence-electron chi connectivity index (χ4n) is 2.67. The number of methoxy groups -OCH3 is 1. The van der Waals surface area contributed by atoms with Crippen molar-refractivity contribution in [3.63, 3.8) is 0 Å². The van der Waals surface area contributed by atoms with Crippen LogP contribution in [0, 0.1) is 0 Å². The molecular weight excluding hydrogens is 350 g/mol. The lowest BCUT2D eigenvalue weighted by Crippen LogP contribution is -1.91. The Morgan fingerprint density at radius 1 is 0.857 bits per heavy atom. The Morgan fingerprint density at radius 3 is 2.00 bits per heavy atom. The molecule has 0 amide bonds. The van der Waals surface area contributed by atoms with E-state index in [4.69, 9.17) is 51.1 Å². The highest BCUT2D eigenvalue weighted by atomic mass is 35.5. The van der Waals surface area contributed by atoms with E-state index in [1.807, 2.05) is 36.4 Å². The van der Waals surface area contributed by atoms with Gasteiger partial charge in [-0.15, -0.1) is 23.2 Å². The maximum atomic E-state index is 6.47. The predicted molar refractivity (Wildman–Crippen MR) is 89.4 cm³/mol. The number of benzene rings is 2. The number of ether oxygens (including phenoxy) is 1. The summed E-state index contributed by atoms with van der Waals surface area (Å²) in [5, 5.41) is 1.04. The highest BCUT2D eigenvalue weighted by Gasteiger charge is 2.64. The van der Waals surface area contributed by atoms with Crippen molar-refractivity contribution in [1.29, 1.82) is 0 Å². The van der Waals surface area contributed by atoms with Crippen molar-refractivity contribution >= 4 is 46.4 Å². The Labute approximate surface area is 143 Å². The van der Waals surface area contributed by atoms with Crippen molar-refractivity contribution in [3.05, 3.63) is 63.6 Å². The average Bonchev–Trinajstić information content (AvgIpc) is 3.04. The molecule has 0 radical (unpaired) electrons. The van der Waals surface area contributed by atoms with Gasteiger partial charge in [-0.3, -0.25) is 0 Å². The minimum Gasteiger partial charge on any atom is -0.497 e. The summed E-state index contributed by atoms with van der Waals surface area (Å²) in [5.41, 5.74) is 2.08. The summed E-state index contributed by atoms with van der Waals surface area (Å²) in [5.74, 6) is 0.841. The smallest absolute Gasteiger partial charge is 0.133 e. The van der Waals surface area contributed by atoms with Crippen molar-refractivity contribution in [2.75, 3.05) is 7.11 Å². The maximum Gasteiger partial charge on any atom is 0.133 e. The van der Waals surface area contributed by atoms with Gasteiger partial charge in [0.15, 0.2) is 0 Å². The molecule has 0 aromatic heterocycles. The molecule has 2 atom stereocenters. The van der Waals surface area contributed by atoms with Gasteiger partial charge in [0.25, 0.3) is 0 Å². The minimum atomic E-state index is -0.828. The number of rotatable bonds is 3. The van der Waals surface area contributed by atoms with Crippen molar-refractivity contribution in [3.8, 4) is 5.75 Å². The van der Waals surface area contributed by atoms with Crippen LogP contribution in [0.5, 0.6) is 5.75 Å². The first kappa shape index (κ1) is 15.3. The number of hydrogen-bond donors (Lipinski definition) is 0. The van der Waals surface area contributed by atoms with Crippen molar-refractivity contribution < 1.29 is 4.74 Å². The van der Waals surface area contributed by atoms with Gasteiger partial charge >= 0.3 is 0 Å². The molecule has 3 rings (SSSR count). The Hall–Kier alpha value is -0.600. The van der Waals surface area contributed by atoms with Crippen LogP contribution in [0.1, 0.15) is 23.0 Å². The van der Waals surface area contributed by atoms with E-state index in [0.29, 0.717) is 10.0 Å². The van der Waals surface area contributed by atoms with E-state index in [1.165, 1.54) is 0 Å². The molecule has 0 aliphatic heterocycles. The Bertz CT molecular complexity index is 666. The molecule has 1 saturated carbocycles. The van der Waals surface area contributed by atoms with Crippen molar-refractivity contribution in [2.45, 2.75) is 16.2 Å². The fraction of sp³-hybridized carbons (Fsp3) is 0.250. The van der Waals surface area contributed by atoms with Gasteiger partial charge in [0, 0.05) is 11.8 Å². The summed E-state index contributed by atoms with van der Waals surface area (Å²) in [6.45, 7) is 0. The number of alkyl halides is 2. The molecule has 1 aliphatic rings. The molecule has 0 saturated heterocycles. The molecule has 0 bridgehead atoms. The molecule has 1 fully saturated rings. The largest absolute Gasteiger partial charge is 0.497 e. The Balaban J connectivity index is 1.91. The van der Waals surface area contributed by atoms with Crippen LogP contribution in [-0.4, -0.2) is 11.4 Å². The summed E-state index contributed by atoms with van der Waals surface area (Å²) < 4.78 is 4.34. The van der Waals surface area contributed by atoms with E-state index >= 15 is 0 Å². The van der Waals surface area contributed by atoms with Crippen LogP contribution in [0.25, 0.3) is 0 Å². The third-order valence-corrected chi connectivity index (χ3v) is 5.51. The maximum absolute atomic E-state index is 6.47. The zero-order valence-electron chi connectivity index (χ0n) is 11.1. The molecule has 0 spiro atoms. The van der Waals surface area contributed by atoms with Gasteiger partial charge in [-0.25, -0.2) is 0 Å². The van der Waals surface area contributed by atoms with Gasteiger partial charge in [0.2, 0.25) is 0 Å². The first-order valence-corrected chi connectivity index (χ1v) is 7.93. The third-order valence-electron chi connectivity index (χ3n) is 3.83. The monoisotopic (exact) mass is 360 g/mol. The van der Waals surface area contributed by atoms with Crippen LogP contribution in [0.15, 0.2) is 42.5 Å². The van der Waals surface area contributed by atoms with Gasteiger partial charge in [0.05, 0.1) is 17.2 Å². The number of halogens is 4. The molecule has 110 valence electrons. The second-order valence-corrected chi connectivity index (χ2v) is 7.34. The second kappa shape index (κ2) is 5.55. The molecule has 0 heterocycles. The molecule has 1 nitrogen and oxygen atoms in total. The molecule has 1 aliphatic carbocycles. The normalized spacial score (nSPS) is 22.9. The molecule has 2 aromatic carbocycles. The molecule has 2 unspecified atom stereocenters. The summed E-state index contributed by atoms with van der Waals surface area (Å²) in [6.07, 6.45) is 0. The molecule has 5 heteroatoms. The molecule has 2 aromatic rings. The van der Waals surface area contributed by atoms with Crippen LogP contribution in [0.3, 0.4) is 0 Å². The standard InChI is InChI=1S/C16H12Cl4O/c1-21-11-5-2-9(3-6-11)14-15(16(14,19)20)10-4-7-12(17)13(18)8-10/h2-8,14-15H,1H3. The van der Waals surface area contributed by atoms with E-state index in [1.54, 1.807) is 13.2 Å². The first-order chi connectivity index (χ1) is 9.95. The van der Waals surface area contributed by atoms with Crippen LogP contribution in [-0.2, 0) is 0 Å². The quantitative estimate of drug-likeness (QED) is 0.604. The molecule has 21 heavy (non-hydrogen) atoms. The summed E-state index contributed by atoms with van der Waals surface area (Å²) in [4.78, 5) is 0. The van der Waals surface area contributed by atoms with E-state index in [9.17, 15) is 0 Å². The van der Waals surface area contributed by atoms with Gasteiger partial charge in [-0.1, -0.05) is 41.4 Å². The third kappa shape index (κ3) is 2.73. The highest BCUT2D eigenvalue weighted by molar-refractivity contribution is 6.52. The highest BCUT2D eigenvalue weighted by Crippen LogP contribution is 2.70. The first-order valence-electron chi connectivity index (χ1n) is 6.42. The van der Waals surface area contributed by atoms with E-state index < -0.39 is 4.33 Å². The minimum absolute atomic E-state index is 0.00370. The second-order valence-electron chi connectivity index (χ2n) is 5.08. The zero-order chi connectivity index (χ0) is 15.2. The molecule has 0 N–H and O–H groups in total. The van der Waals surface area contributed by atoms with E-state index in [-0.39, 0.29) is 11.8 Å². The summed E-state index contributed by atoms with van der Waals surface area (Å²) >= 11 is 25.0.